The van der Waals surface area contributed by atoms with Crippen LogP contribution in [0.2, 0.25) is 5.02 Å². The fourth-order valence-electron chi connectivity index (χ4n) is 3.50. The van der Waals surface area contributed by atoms with Crippen LogP contribution in [0.3, 0.4) is 0 Å². The van der Waals surface area contributed by atoms with E-state index in [0.717, 1.165) is 42.0 Å². The van der Waals surface area contributed by atoms with Crippen molar-refractivity contribution in [3.8, 4) is 11.5 Å². The van der Waals surface area contributed by atoms with Gasteiger partial charge in [0.15, 0.2) is 0 Å². The molecule has 0 aromatic heterocycles. The Bertz CT molecular complexity index is 779. The van der Waals surface area contributed by atoms with E-state index in [1.807, 2.05) is 42.5 Å². The van der Waals surface area contributed by atoms with E-state index in [1.54, 1.807) is 14.2 Å². The zero-order valence-electron chi connectivity index (χ0n) is 15.7. The number of carbonyl (C=O) groups is 1. The number of ether oxygens (including phenoxy) is 2. The largest absolute Gasteiger partial charge is 0.497 e. The van der Waals surface area contributed by atoms with Crippen LogP contribution >= 0.6 is 11.6 Å². The smallest absolute Gasteiger partial charge is 0.234 e. The highest BCUT2D eigenvalue weighted by molar-refractivity contribution is 6.30. The third kappa shape index (κ3) is 4.93. The number of likely N-dealkylation sites (tertiary alicyclic amines) is 1. The molecule has 27 heavy (non-hydrogen) atoms. The maximum Gasteiger partial charge on any atom is 0.234 e. The van der Waals surface area contributed by atoms with Crippen molar-refractivity contribution in [1.29, 1.82) is 0 Å². The SMILES string of the molecule is COc1ccc(C2CCCN2CC(=O)NCc2ccc(Cl)cc2)c(OC)c1. The number of methoxy groups -OCH3 is 2. The van der Waals surface area contributed by atoms with Gasteiger partial charge in [-0.05, 0) is 43.1 Å². The highest BCUT2D eigenvalue weighted by atomic mass is 35.5. The maximum absolute atomic E-state index is 12.4. The molecule has 0 aliphatic carbocycles. The number of benzene rings is 2. The first-order valence-corrected chi connectivity index (χ1v) is 9.45. The molecule has 0 spiro atoms. The van der Waals surface area contributed by atoms with Gasteiger partial charge in [-0.15, -0.1) is 0 Å². The van der Waals surface area contributed by atoms with Crippen molar-refractivity contribution in [2.24, 2.45) is 0 Å². The van der Waals surface area contributed by atoms with E-state index in [9.17, 15) is 4.79 Å². The molecular formula is C21H25ClN2O3. The second kappa shape index (κ2) is 9.11. The predicted octanol–water partition coefficient (Wildman–Crippen LogP) is 3.81. The lowest BCUT2D eigenvalue weighted by Crippen LogP contribution is -2.36. The fraction of sp³-hybridized carbons (Fsp3) is 0.381. The van der Waals surface area contributed by atoms with Gasteiger partial charge in [-0.1, -0.05) is 29.8 Å². The van der Waals surface area contributed by atoms with Gasteiger partial charge >= 0.3 is 0 Å². The minimum Gasteiger partial charge on any atom is -0.497 e. The van der Waals surface area contributed by atoms with E-state index < -0.39 is 0 Å². The summed E-state index contributed by atoms with van der Waals surface area (Å²) >= 11 is 5.89. The van der Waals surface area contributed by atoms with Crippen LogP contribution < -0.4 is 14.8 Å². The first-order valence-electron chi connectivity index (χ1n) is 9.08. The van der Waals surface area contributed by atoms with Crippen LogP contribution in [0, 0.1) is 0 Å². The number of hydrogen-bond acceptors (Lipinski definition) is 4. The van der Waals surface area contributed by atoms with Gasteiger partial charge < -0.3 is 14.8 Å². The molecule has 1 aliphatic heterocycles. The van der Waals surface area contributed by atoms with Crippen LogP contribution in [0.5, 0.6) is 11.5 Å². The van der Waals surface area contributed by atoms with Gasteiger partial charge in [0.05, 0.1) is 20.8 Å². The Balaban J connectivity index is 1.62. The molecule has 144 valence electrons. The lowest BCUT2D eigenvalue weighted by molar-refractivity contribution is -0.122. The Kier molecular flexibility index (Phi) is 6.58. The Hall–Kier alpha value is -2.24. The van der Waals surface area contributed by atoms with Crippen molar-refractivity contribution in [3.63, 3.8) is 0 Å². The molecule has 1 amide bonds. The van der Waals surface area contributed by atoms with Crippen molar-refractivity contribution < 1.29 is 14.3 Å². The quantitative estimate of drug-likeness (QED) is 0.783. The first-order chi connectivity index (χ1) is 13.1. The number of hydrogen-bond donors (Lipinski definition) is 1. The van der Waals surface area contributed by atoms with Crippen molar-refractivity contribution in [3.05, 3.63) is 58.6 Å². The van der Waals surface area contributed by atoms with Gasteiger partial charge in [0, 0.05) is 29.2 Å². The van der Waals surface area contributed by atoms with Gasteiger partial charge in [-0.25, -0.2) is 0 Å². The number of nitrogens with one attached hydrogen (secondary N) is 1. The van der Waals surface area contributed by atoms with Gasteiger partial charge in [-0.2, -0.15) is 0 Å². The summed E-state index contributed by atoms with van der Waals surface area (Å²) < 4.78 is 10.8. The standard InChI is InChI=1S/C21H25ClN2O3/c1-26-17-9-10-18(20(12-17)27-2)19-4-3-11-24(19)14-21(25)23-13-15-5-7-16(22)8-6-15/h5-10,12,19H,3-4,11,13-14H2,1-2H3,(H,23,25). The van der Waals surface area contributed by atoms with E-state index in [-0.39, 0.29) is 11.9 Å². The second-order valence-electron chi connectivity index (χ2n) is 6.64. The molecule has 6 heteroatoms. The normalized spacial score (nSPS) is 16.9. The molecule has 1 aliphatic rings. The summed E-state index contributed by atoms with van der Waals surface area (Å²) in [6, 6.07) is 13.5. The van der Waals surface area contributed by atoms with Crippen LogP contribution in [0.1, 0.15) is 30.0 Å². The Morgan fingerprint density at radius 3 is 2.67 bits per heavy atom. The van der Waals surface area contributed by atoms with Crippen LogP contribution in [0.25, 0.3) is 0 Å². The monoisotopic (exact) mass is 388 g/mol. The van der Waals surface area contributed by atoms with E-state index in [4.69, 9.17) is 21.1 Å². The summed E-state index contributed by atoms with van der Waals surface area (Å²) in [6.07, 6.45) is 2.07. The number of amides is 1. The fourth-order valence-corrected chi connectivity index (χ4v) is 3.63. The molecule has 1 heterocycles. The number of nitrogens with zero attached hydrogens (tertiary/aromatic N) is 1. The zero-order chi connectivity index (χ0) is 19.2. The maximum atomic E-state index is 12.4. The Morgan fingerprint density at radius 1 is 1.19 bits per heavy atom. The number of halogens is 1. The van der Waals surface area contributed by atoms with Gasteiger partial charge in [0.25, 0.3) is 0 Å². The summed E-state index contributed by atoms with van der Waals surface area (Å²) in [5, 5.41) is 3.68. The zero-order valence-corrected chi connectivity index (χ0v) is 16.5. The van der Waals surface area contributed by atoms with E-state index >= 15 is 0 Å². The molecule has 1 saturated heterocycles. The van der Waals surface area contributed by atoms with E-state index in [2.05, 4.69) is 10.2 Å². The van der Waals surface area contributed by atoms with Gasteiger partial charge in [-0.3, -0.25) is 9.69 Å². The molecule has 2 aromatic carbocycles. The minimum atomic E-state index is 0.0179. The average molecular weight is 389 g/mol. The molecular weight excluding hydrogens is 364 g/mol. The lowest BCUT2D eigenvalue weighted by Gasteiger charge is -2.26. The van der Waals surface area contributed by atoms with Crippen molar-refractivity contribution in [2.45, 2.75) is 25.4 Å². The molecule has 1 fully saturated rings. The highest BCUT2D eigenvalue weighted by Gasteiger charge is 2.29. The molecule has 0 bridgehead atoms. The first kappa shape index (κ1) is 19.5. The third-order valence-electron chi connectivity index (χ3n) is 4.91. The molecule has 0 radical (unpaired) electrons. The lowest BCUT2D eigenvalue weighted by atomic mass is 10.0. The molecule has 1 unspecified atom stereocenters. The summed E-state index contributed by atoms with van der Waals surface area (Å²) in [5.41, 5.74) is 2.13. The van der Waals surface area contributed by atoms with Gasteiger partial charge in [0.1, 0.15) is 11.5 Å². The van der Waals surface area contributed by atoms with Crippen molar-refractivity contribution in [1.82, 2.24) is 10.2 Å². The molecule has 2 aromatic rings. The van der Waals surface area contributed by atoms with Crippen LogP contribution in [-0.2, 0) is 11.3 Å². The Labute approximate surface area is 165 Å². The Morgan fingerprint density at radius 2 is 1.96 bits per heavy atom. The topological polar surface area (TPSA) is 50.8 Å². The number of carbonyl (C=O) groups excluding carboxylic acids is 1. The van der Waals surface area contributed by atoms with Crippen LogP contribution in [0.15, 0.2) is 42.5 Å². The molecule has 5 nitrogen and oxygen atoms in total. The van der Waals surface area contributed by atoms with Crippen molar-refractivity contribution in [2.75, 3.05) is 27.3 Å². The van der Waals surface area contributed by atoms with E-state index in [1.165, 1.54) is 0 Å². The number of rotatable bonds is 7. The highest BCUT2D eigenvalue weighted by Crippen LogP contribution is 2.38. The van der Waals surface area contributed by atoms with Crippen LogP contribution in [0.4, 0.5) is 0 Å². The molecule has 0 saturated carbocycles. The summed E-state index contributed by atoms with van der Waals surface area (Å²) in [7, 11) is 3.30. The summed E-state index contributed by atoms with van der Waals surface area (Å²) in [5.74, 6) is 1.58. The summed E-state index contributed by atoms with van der Waals surface area (Å²) in [4.78, 5) is 14.7. The molecule has 3 rings (SSSR count). The van der Waals surface area contributed by atoms with E-state index in [0.29, 0.717) is 18.1 Å². The van der Waals surface area contributed by atoms with Gasteiger partial charge in [0.2, 0.25) is 5.91 Å². The molecule has 1 N–H and O–H groups in total. The van der Waals surface area contributed by atoms with Crippen molar-refractivity contribution >= 4 is 17.5 Å². The molecule has 1 atom stereocenters. The average Bonchev–Trinajstić information content (AvgIpc) is 3.14. The van der Waals surface area contributed by atoms with Crippen LogP contribution in [-0.4, -0.2) is 38.1 Å². The predicted molar refractivity (Wildman–Crippen MR) is 106 cm³/mol. The third-order valence-corrected chi connectivity index (χ3v) is 5.16. The minimum absolute atomic E-state index is 0.0179. The summed E-state index contributed by atoms with van der Waals surface area (Å²) in [6.45, 7) is 1.77. The second-order valence-corrected chi connectivity index (χ2v) is 7.08.